The molecule has 0 aromatic carbocycles. The summed E-state index contributed by atoms with van der Waals surface area (Å²) in [5, 5.41) is 9.25. The zero-order chi connectivity index (χ0) is 15.6. The quantitative estimate of drug-likeness (QED) is 0.865. The Morgan fingerprint density at radius 1 is 1.14 bits per heavy atom. The zero-order valence-electron chi connectivity index (χ0n) is 13.1. The SMILES string of the molecule is CCC1CCC(C(=O)O)C(C2CCCC(S(C)(=O)=O)C2)C1. The fourth-order valence-corrected chi connectivity index (χ4v) is 5.65. The third kappa shape index (κ3) is 3.99. The minimum atomic E-state index is -3.00. The van der Waals surface area contributed by atoms with Gasteiger partial charge in [0.25, 0.3) is 0 Å². The molecule has 0 radical (unpaired) electrons. The van der Waals surface area contributed by atoms with Gasteiger partial charge in [0.05, 0.1) is 11.2 Å². The molecule has 0 heterocycles. The lowest BCUT2D eigenvalue weighted by molar-refractivity contribution is -0.146. The van der Waals surface area contributed by atoms with Crippen molar-refractivity contribution in [1.29, 1.82) is 0 Å². The molecule has 2 rings (SSSR count). The molecule has 0 aliphatic heterocycles. The van der Waals surface area contributed by atoms with Crippen LogP contribution >= 0.6 is 0 Å². The molecule has 122 valence electrons. The molecule has 0 amide bonds. The van der Waals surface area contributed by atoms with E-state index in [4.69, 9.17) is 0 Å². The van der Waals surface area contributed by atoms with Gasteiger partial charge < -0.3 is 5.11 Å². The lowest BCUT2D eigenvalue weighted by Crippen LogP contribution is -2.39. The number of carbonyl (C=O) groups is 1. The molecule has 0 aromatic heterocycles. The third-order valence-electron chi connectivity index (χ3n) is 5.78. The number of sulfone groups is 1. The first-order valence-electron chi connectivity index (χ1n) is 8.24. The van der Waals surface area contributed by atoms with E-state index in [2.05, 4.69) is 6.92 Å². The predicted molar refractivity (Wildman–Crippen MR) is 82.8 cm³/mol. The molecule has 21 heavy (non-hydrogen) atoms. The van der Waals surface area contributed by atoms with Gasteiger partial charge in [-0.25, -0.2) is 8.42 Å². The van der Waals surface area contributed by atoms with Crippen LogP contribution in [0.4, 0.5) is 0 Å². The molecule has 2 fully saturated rings. The zero-order valence-corrected chi connectivity index (χ0v) is 13.9. The standard InChI is InChI=1S/C16H28O4S/c1-3-11-7-8-14(16(17)18)15(9-11)12-5-4-6-13(10-12)21(2,19)20/h11-15H,3-10H2,1-2H3,(H,17,18). The number of carboxylic acid groups (broad SMARTS) is 1. The summed E-state index contributed by atoms with van der Waals surface area (Å²) >= 11 is 0. The Kier molecular flexibility index (Phi) is 5.33. The second kappa shape index (κ2) is 6.67. The smallest absolute Gasteiger partial charge is 0.306 e. The van der Waals surface area contributed by atoms with Gasteiger partial charge in [0.2, 0.25) is 0 Å². The van der Waals surface area contributed by atoms with Crippen LogP contribution in [0.15, 0.2) is 0 Å². The Labute approximate surface area is 128 Å². The van der Waals surface area contributed by atoms with Gasteiger partial charge >= 0.3 is 5.97 Å². The Morgan fingerprint density at radius 3 is 2.43 bits per heavy atom. The van der Waals surface area contributed by atoms with Crippen LogP contribution in [0.2, 0.25) is 0 Å². The van der Waals surface area contributed by atoms with Crippen molar-refractivity contribution in [3.63, 3.8) is 0 Å². The maximum absolute atomic E-state index is 11.8. The van der Waals surface area contributed by atoms with E-state index in [0.29, 0.717) is 12.3 Å². The Balaban J connectivity index is 2.13. The van der Waals surface area contributed by atoms with Gasteiger partial charge in [-0.2, -0.15) is 0 Å². The number of aliphatic carboxylic acids is 1. The van der Waals surface area contributed by atoms with Crippen LogP contribution in [-0.4, -0.2) is 31.0 Å². The van der Waals surface area contributed by atoms with Crippen LogP contribution in [0.5, 0.6) is 0 Å². The van der Waals surface area contributed by atoms with Crippen molar-refractivity contribution in [2.45, 2.75) is 63.5 Å². The van der Waals surface area contributed by atoms with E-state index < -0.39 is 15.8 Å². The van der Waals surface area contributed by atoms with E-state index in [-0.39, 0.29) is 23.0 Å². The van der Waals surface area contributed by atoms with E-state index in [1.165, 1.54) is 6.26 Å². The predicted octanol–water partition coefficient (Wildman–Crippen LogP) is 3.12. The maximum atomic E-state index is 11.8. The monoisotopic (exact) mass is 316 g/mol. The van der Waals surface area contributed by atoms with Crippen LogP contribution in [0, 0.1) is 23.7 Å². The number of hydrogen-bond donors (Lipinski definition) is 1. The molecule has 2 saturated carbocycles. The van der Waals surface area contributed by atoms with Crippen molar-refractivity contribution in [1.82, 2.24) is 0 Å². The topological polar surface area (TPSA) is 71.4 Å². The Bertz CT molecular complexity index is 471. The second-order valence-corrected chi connectivity index (χ2v) is 9.40. The van der Waals surface area contributed by atoms with Crippen molar-refractivity contribution in [2.24, 2.45) is 23.7 Å². The highest BCUT2D eigenvalue weighted by Crippen LogP contribution is 2.45. The summed E-state index contributed by atoms with van der Waals surface area (Å²) in [6.45, 7) is 2.17. The van der Waals surface area contributed by atoms with Crippen LogP contribution in [-0.2, 0) is 14.6 Å². The molecule has 2 aliphatic carbocycles. The molecule has 2 aliphatic rings. The third-order valence-corrected chi connectivity index (χ3v) is 7.42. The molecule has 0 bridgehead atoms. The molecule has 5 atom stereocenters. The first kappa shape index (κ1) is 16.8. The molecule has 0 aromatic rings. The normalized spacial score (nSPS) is 38.1. The fraction of sp³-hybridized carbons (Fsp3) is 0.938. The van der Waals surface area contributed by atoms with Gasteiger partial charge in [0.1, 0.15) is 9.84 Å². The van der Waals surface area contributed by atoms with Crippen molar-refractivity contribution in [2.75, 3.05) is 6.26 Å². The summed E-state index contributed by atoms with van der Waals surface area (Å²) in [5.74, 6) is 0.107. The van der Waals surface area contributed by atoms with Crippen molar-refractivity contribution >= 4 is 15.8 Å². The molecule has 4 nitrogen and oxygen atoms in total. The molecule has 1 N–H and O–H groups in total. The van der Waals surface area contributed by atoms with E-state index in [1.54, 1.807) is 0 Å². The van der Waals surface area contributed by atoms with Gasteiger partial charge in [-0.3, -0.25) is 4.79 Å². The van der Waals surface area contributed by atoms with Crippen LogP contribution in [0.3, 0.4) is 0 Å². The molecular formula is C16H28O4S. The van der Waals surface area contributed by atoms with Gasteiger partial charge in [-0.1, -0.05) is 26.2 Å². The highest BCUT2D eigenvalue weighted by molar-refractivity contribution is 7.91. The number of carboxylic acids is 1. The van der Waals surface area contributed by atoms with E-state index in [0.717, 1.165) is 44.9 Å². The summed E-state index contributed by atoms with van der Waals surface area (Å²) in [4.78, 5) is 11.6. The average molecular weight is 316 g/mol. The minimum Gasteiger partial charge on any atom is -0.481 e. The summed E-state index contributed by atoms with van der Waals surface area (Å²) in [7, 11) is -3.00. The second-order valence-electron chi connectivity index (χ2n) is 7.07. The van der Waals surface area contributed by atoms with Crippen molar-refractivity contribution in [3.8, 4) is 0 Å². The van der Waals surface area contributed by atoms with Gasteiger partial charge in [-0.05, 0) is 49.9 Å². The van der Waals surface area contributed by atoms with Crippen LogP contribution in [0.1, 0.15) is 58.3 Å². The Morgan fingerprint density at radius 2 is 1.86 bits per heavy atom. The van der Waals surface area contributed by atoms with Crippen LogP contribution in [0.25, 0.3) is 0 Å². The van der Waals surface area contributed by atoms with E-state index in [1.807, 2.05) is 0 Å². The number of rotatable bonds is 4. The van der Waals surface area contributed by atoms with E-state index in [9.17, 15) is 18.3 Å². The lowest BCUT2D eigenvalue weighted by atomic mass is 9.65. The highest BCUT2D eigenvalue weighted by atomic mass is 32.2. The van der Waals surface area contributed by atoms with Crippen molar-refractivity contribution < 1.29 is 18.3 Å². The highest BCUT2D eigenvalue weighted by Gasteiger charge is 2.41. The average Bonchev–Trinajstić information content (AvgIpc) is 2.45. The van der Waals surface area contributed by atoms with Gasteiger partial charge in [-0.15, -0.1) is 0 Å². The molecule has 0 spiro atoms. The maximum Gasteiger partial charge on any atom is 0.306 e. The summed E-state index contributed by atoms with van der Waals surface area (Å²) in [6.07, 6.45) is 8.49. The first-order chi connectivity index (χ1) is 9.82. The lowest BCUT2D eigenvalue weighted by Gasteiger charge is -2.41. The summed E-state index contributed by atoms with van der Waals surface area (Å²) in [6, 6.07) is 0. The molecule has 0 saturated heterocycles. The molecule has 5 heteroatoms. The summed E-state index contributed by atoms with van der Waals surface area (Å²) in [5.41, 5.74) is 0. The summed E-state index contributed by atoms with van der Waals surface area (Å²) < 4.78 is 23.7. The Hall–Kier alpha value is -0.580. The first-order valence-corrected chi connectivity index (χ1v) is 10.2. The van der Waals surface area contributed by atoms with E-state index >= 15 is 0 Å². The van der Waals surface area contributed by atoms with Crippen molar-refractivity contribution in [3.05, 3.63) is 0 Å². The van der Waals surface area contributed by atoms with Gasteiger partial charge in [0.15, 0.2) is 0 Å². The molecule has 5 unspecified atom stereocenters. The minimum absolute atomic E-state index is 0.172. The molecular weight excluding hydrogens is 288 g/mol. The van der Waals surface area contributed by atoms with Crippen LogP contribution < -0.4 is 0 Å². The fourth-order valence-electron chi connectivity index (χ4n) is 4.45. The number of hydrogen-bond acceptors (Lipinski definition) is 3. The van der Waals surface area contributed by atoms with Gasteiger partial charge in [0, 0.05) is 6.26 Å². The largest absolute Gasteiger partial charge is 0.481 e.